The van der Waals surface area contributed by atoms with Gasteiger partial charge in [-0.05, 0) is 25.0 Å². The smallest absolute Gasteiger partial charge is 0.242 e. The molecule has 0 aliphatic carbocycles. The molecule has 0 unspecified atom stereocenters. The molecule has 0 spiro atoms. The summed E-state index contributed by atoms with van der Waals surface area (Å²) in [4.78, 5) is 38.0. The normalized spacial score (nSPS) is 17.4. The molecule has 2 N–H and O–H groups in total. The van der Waals surface area contributed by atoms with E-state index in [1.807, 2.05) is 0 Å². The van der Waals surface area contributed by atoms with E-state index in [9.17, 15) is 14.4 Å². The van der Waals surface area contributed by atoms with E-state index in [4.69, 9.17) is 11.6 Å². The molecule has 0 bridgehead atoms. The van der Waals surface area contributed by atoms with Gasteiger partial charge in [-0.15, -0.1) is 11.3 Å². The van der Waals surface area contributed by atoms with Crippen molar-refractivity contribution in [1.29, 1.82) is 0 Å². The average Bonchev–Trinajstić information content (AvgIpc) is 3.13. The number of hydrogen-bond donors (Lipinski definition) is 2. The van der Waals surface area contributed by atoms with E-state index in [1.165, 1.54) is 16.2 Å². The van der Waals surface area contributed by atoms with Crippen molar-refractivity contribution in [3.63, 3.8) is 0 Å². The summed E-state index contributed by atoms with van der Waals surface area (Å²) >= 11 is 7.14. The highest BCUT2D eigenvalue weighted by Crippen LogP contribution is 2.21. The van der Waals surface area contributed by atoms with Crippen LogP contribution in [0.15, 0.2) is 12.1 Å². The summed E-state index contributed by atoms with van der Waals surface area (Å²) in [5, 5.41) is 5.16. The Bertz CT molecular complexity index is 575. The summed E-state index contributed by atoms with van der Waals surface area (Å²) in [6.07, 6.45) is 1.65. The topological polar surface area (TPSA) is 78.5 Å². The number of amides is 3. The van der Waals surface area contributed by atoms with Gasteiger partial charge < -0.3 is 15.5 Å². The van der Waals surface area contributed by atoms with E-state index in [0.717, 1.165) is 11.3 Å². The molecule has 6 nitrogen and oxygen atoms in total. The van der Waals surface area contributed by atoms with Crippen LogP contribution in [0.2, 0.25) is 4.34 Å². The van der Waals surface area contributed by atoms with Crippen molar-refractivity contribution < 1.29 is 14.4 Å². The lowest BCUT2D eigenvalue weighted by molar-refractivity contribution is -0.138. The van der Waals surface area contributed by atoms with Crippen molar-refractivity contribution >= 4 is 40.7 Å². The molecule has 1 saturated heterocycles. The summed E-state index contributed by atoms with van der Waals surface area (Å²) in [6.45, 7) is 0.457. The fourth-order valence-corrected chi connectivity index (χ4v) is 3.53. The van der Waals surface area contributed by atoms with Crippen molar-refractivity contribution in [2.45, 2.75) is 25.3 Å². The minimum absolute atomic E-state index is 0.0918. The zero-order chi connectivity index (χ0) is 16.1. The lowest BCUT2D eigenvalue weighted by Crippen LogP contribution is -2.48. The highest BCUT2D eigenvalue weighted by atomic mass is 35.5. The number of nitrogens with zero attached hydrogens (tertiary/aromatic N) is 1. The van der Waals surface area contributed by atoms with E-state index in [-0.39, 0.29) is 30.7 Å². The number of carbonyl (C=O) groups is 3. The SMILES string of the molecule is CNC(=O)[C@H]1CCCN1C(=O)CNC(=O)Cc1ccc(Cl)s1. The van der Waals surface area contributed by atoms with Crippen molar-refractivity contribution in [2.75, 3.05) is 20.1 Å². The average molecular weight is 344 g/mol. The molecular formula is C14H18ClN3O3S. The van der Waals surface area contributed by atoms with Crippen LogP contribution in [-0.2, 0) is 20.8 Å². The van der Waals surface area contributed by atoms with Crippen LogP contribution in [0.3, 0.4) is 0 Å². The second kappa shape index (κ2) is 7.60. The minimum Gasteiger partial charge on any atom is -0.357 e. The molecule has 2 heterocycles. The third-order valence-electron chi connectivity index (χ3n) is 3.52. The summed E-state index contributed by atoms with van der Waals surface area (Å²) in [6, 6.07) is 3.10. The van der Waals surface area contributed by atoms with E-state index < -0.39 is 6.04 Å². The molecule has 1 aromatic rings. The number of hydrogen-bond acceptors (Lipinski definition) is 4. The van der Waals surface area contributed by atoms with Gasteiger partial charge in [-0.2, -0.15) is 0 Å². The Morgan fingerprint density at radius 3 is 2.82 bits per heavy atom. The van der Waals surface area contributed by atoms with Gasteiger partial charge in [0.25, 0.3) is 0 Å². The number of carbonyl (C=O) groups excluding carboxylic acids is 3. The molecule has 2 rings (SSSR count). The number of halogens is 1. The zero-order valence-electron chi connectivity index (χ0n) is 12.2. The van der Waals surface area contributed by atoms with Crippen LogP contribution >= 0.6 is 22.9 Å². The van der Waals surface area contributed by atoms with Gasteiger partial charge >= 0.3 is 0 Å². The Kier molecular flexibility index (Phi) is 5.79. The van der Waals surface area contributed by atoms with E-state index >= 15 is 0 Å². The van der Waals surface area contributed by atoms with Crippen LogP contribution in [-0.4, -0.2) is 48.8 Å². The van der Waals surface area contributed by atoms with Crippen LogP contribution in [0.1, 0.15) is 17.7 Å². The molecule has 1 aliphatic heterocycles. The number of likely N-dealkylation sites (tertiary alicyclic amines) is 1. The molecule has 1 aliphatic rings. The standard InChI is InChI=1S/C14H18ClN3O3S/c1-16-14(21)10-3-2-6-18(10)13(20)8-17-12(19)7-9-4-5-11(15)22-9/h4-5,10H,2-3,6-8H2,1H3,(H,16,21)(H,17,19)/t10-/m1/s1. The highest BCUT2D eigenvalue weighted by Gasteiger charge is 2.33. The Hall–Kier alpha value is -1.60. The summed E-state index contributed by atoms with van der Waals surface area (Å²) in [5.41, 5.74) is 0. The van der Waals surface area contributed by atoms with Gasteiger partial charge in [-0.25, -0.2) is 0 Å². The molecule has 8 heteroatoms. The highest BCUT2D eigenvalue weighted by molar-refractivity contribution is 7.16. The van der Waals surface area contributed by atoms with Crippen LogP contribution in [0.5, 0.6) is 0 Å². The number of rotatable bonds is 5. The fraction of sp³-hybridized carbons (Fsp3) is 0.500. The molecule has 0 aromatic carbocycles. The molecular weight excluding hydrogens is 326 g/mol. The molecule has 22 heavy (non-hydrogen) atoms. The molecule has 3 amide bonds. The maximum atomic E-state index is 12.1. The van der Waals surface area contributed by atoms with Crippen LogP contribution < -0.4 is 10.6 Å². The molecule has 1 atom stereocenters. The molecule has 0 saturated carbocycles. The second-order valence-electron chi connectivity index (χ2n) is 5.02. The quantitative estimate of drug-likeness (QED) is 0.830. The zero-order valence-corrected chi connectivity index (χ0v) is 13.8. The predicted octanol–water partition coefficient (Wildman–Crippen LogP) is 0.797. The van der Waals surface area contributed by atoms with Crippen molar-refractivity contribution in [1.82, 2.24) is 15.5 Å². The van der Waals surface area contributed by atoms with Crippen LogP contribution in [0.25, 0.3) is 0 Å². The molecule has 1 aromatic heterocycles. The van der Waals surface area contributed by atoms with Gasteiger partial charge in [0.2, 0.25) is 17.7 Å². The van der Waals surface area contributed by atoms with Gasteiger partial charge in [0.15, 0.2) is 0 Å². The summed E-state index contributed by atoms with van der Waals surface area (Å²) in [5.74, 6) is -0.628. The van der Waals surface area contributed by atoms with Gasteiger partial charge in [0, 0.05) is 18.5 Å². The Morgan fingerprint density at radius 2 is 2.18 bits per heavy atom. The monoisotopic (exact) mass is 343 g/mol. The maximum Gasteiger partial charge on any atom is 0.242 e. The first kappa shape index (κ1) is 16.8. The van der Waals surface area contributed by atoms with Gasteiger partial charge in [-0.3, -0.25) is 14.4 Å². The predicted molar refractivity (Wildman–Crippen MR) is 84.8 cm³/mol. The molecule has 1 fully saturated rings. The largest absolute Gasteiger partial charge is 0.357 e. The Balaban J connectivity index is 1.81. The third-order valence-corrected chi connectivity index (χ3v) is 4.75. The first-order valence-electron chi connectivity index (χ1n) is 7.03. The van der Waals surface area contributed by atoms with E-state index in [2.05, 4.69) is 10.6 Å². The van der Waals surface area contributed by atoms with Gasteiger partial charge in [0.05, 0.1) is 17.3 Å². The first-order chi connectivity index (χ1) is 10.5. The first-order valence-corrected chi connectivity index (χ1v) is 8.22. The molecule has 0 radical (unpaired) electrons. The van der Waals surface area contributed by atoms with Gasteiger partial charge in [0.1, 0.15) is 6.04 Å². The Morgan fingerprint density at radius 1 is 1.41 bits per heavy atom. The van der Waals surface area contributed by atoms with E-state index in [1.54, 1.807) is 19.2 Å². The Labute approximate surface area is 137 Å². The number of thiophene rings is 1. The number of likely N-dealkylation sites (N-methyl/N-ethyl adjacent to an activating group) is 1. The lowest BCUT2D eigenvalue weighted by Gasteiger charge is -2.23. The lowest BCUT2D eigenvalue weighted by atomic mass is 10.2. The fourth-order valence-electron chi connectivity index (χ4n) is 2.45. The van der Waals surface area contributed by atoms with Crippen molar-refractivity contribution in [2.24, 2.45) is 0 Å². The minimum atomic E-state index is -0.425. The van der Waals surface area contributed by atoms with E-state index in [0.29, 0.717) is 17.3 Å². The molecule has 120 valence electrons. The maximum absolute atomic E-state index is 12.1. The third kappa shape index (κ3) is 4.20. The summed E-state index contributed by atoms with van der Waals surface area (Å²) < 4.78 is 0.629. The summed E-state index contributed by atoms with van der Waals surface area (Å²) in [7, 11) is 1.55. The van der Waals surface area contributed by atoms with Crippen molar-refractivity contribution in [3.8, 4) is 0 Å². The van der Waals surface area contributed by atoms with Crippen LogP contribution in [0.4, 0.5) is 0 Å². The van der Waals surface area contributed by atoms with Crippen LogP contribution in [0, 0.1) is 0 Å². The van der Waals surface area contributed by atoms with Crippen molar-refractivity contribution in [3.05, 3.63) is 21.3 Å². The number of nitrogens with one attached hydrogen (secondary N) is 2. The van der Waals surface area contributed by atoms with Gasteiger partial charge in [-0.1, -0.05) is 11.6 Å². The second-order valence-corrected chi connectivity index (χ2v) is 6.82.